The lowest BCUT2D eigenvalue weighted by atomic mass is 9.75. The molecule has 3 aromatic carbocycles. The van der Waals surface area contributed by atoms with E-state index in [1.165, 1.54) is 0 Å². The summed E-state index contributed by atoms with van der Waals surface area (Å²) >= 11 is 0. The molecule has 12 heteroatoms. The highest BCUT2D eigenvalue weighted by Crippen LogP contribution is 2.56. The molecule has 0 amide bonds. The number of carbonyl (C=O) groups is 1. The number of fused-ring (bicyclic) bond motifs is 1. The van der Waals surface area contributed by atoms with Crippen LogP contribution < -0.4 is 4.74 Å². The molecule has 0 saturated heterocycles. The summed E-state index contributed by atoms with van der Waals surface area (Å²) in [7, 11) is 0. The number of benzene rings is 3. The maximum absolute atomic E-state index is 11.9. The average molecular weight is 474 g/mol. The topological polar surface area (TPSA) is 229 Å². The van der Waals surface area contributed by atoms with E-state index >= 15 is 0 Å². The van der Waals surface area contributed by atoms with Gasteiger partial charge in [-0.15, -0.1) is 0 Å². The predicted molar refractivity (Wildman–Crippen MR) is 111 cm³/mol. The van der Waals surface area contributed by atoms with Gasteiger partial charge in [-0.2, -0.15) is 0 Å². The summed E-state index contributed by atoms with van der Waals surface area (Å²) < 4.78 is 5.74. The van der Waals surface area contributed by atoms with E-state index in [4.69, 9.17) is 4.74 Å². The van der Waals surface area contributed by atoms with Gasteiger partial charge in [-0.05, 0) is 18.2 Å². The van der Waals surface area contributed by atoms with Crippen LogP contribution >= 0.6 is 0 Å². The first-order valence-corrected chi connectivity index (χ1v) is 9.55. The minimum absolute atomic E-state index is 0.118. The maximum Gasteiger partial charge on any atom is 0.336 e. The Morgan fingerprint density at radius 1 is 0.794 bits per heavy atom. The van der Waals surface area contributed by atoms with E-state index in [1.807, 2.05) is 0 Å². The second kappa shape index (κ2) is 7.42. The van der Waals surface area contributed by atoms with Crippen molar-refractivity contribution in [3.05, 3.63) is 52.6 Å². The van der Waals surface area contributed by atoms with Gasteiger partial charge in [0.15, 0.2) is 34.9 Å². The maximum atomic E-state index is 11.9. The predicted octanol–water partition coefficient (Wildman–Crippen LogP) is 1.59. The van der Waals surface area contributed by atoms with Crippen LogP contribution in [0.5, 0.6) is 51.7 Å². The van der Waals surface area contributed by atoms with Gasteiger partial charge in [0.1, 0.15) is 22.8 Å². The number of rotatable bonds is 3. The van der Waals surface area contributed by atoms with Gasteiger partial charge in [-0.1, -0.05) is 0 Å². The second-order valence-corrected chi connectivity index (χ2v) is 7.77. The number of phenols is 8. The van der Waals surface area contributed by atoms with E-state index in [0.717, 1.165) is 24.3 Å². The Labute approximate surface area is 189 Å². The highest BCUT2D eigenvalue weighted by Gasteiger charge is 2.51. The van der Waals surface area contributed by atoms with Crippen LogP contribution in [-0.2, 0) is 12.0 Å². The molecule has 12 nitrogen and oxygen atoms in total. The summed E-state index contributed by atoms with van der Waals surface area (Å²) in [5.74, 6) is -8.77. The van der Waals surface area contributed by atoms with Gasteiger partial charge in [0, 0.05) is 35.2 Å². The zero-order valence-corrected chi connectivity index (χ0v) is 17.0. The Kier molecular flexibility index (Phi) is 4.91. The van der Waals surface area contributed by atoms with Gasteiger partial charge >= 0.3 is 5.97 Å². The van der Waals surface area contributed by atoms with Crippen LogP contribution in [0.2, 0.25) is 0 Å². The minimum atomic E-state index is -2.62. The van der Waals surface area contributed by atoms with E-state index in [9.17, 15) is 55.9 Å². The van der Waals surface area contributed by atoms with Gasteiger partial charge < -0.3 is 55.8 Å². The van der Waals surface area contributed by atoms with Crippen molar-refractivity contribution in [3.63, 3.8) is 0 Å². The Bertz CT molecular complexity index is 1330. The van der Waals surface area contributed by atoms with Crippen molar-refractivity contribution < 1.29 is 60.6 Å². The number of carboxylic acid groups (broad SMARTS) is 1. The van der Waals surface area contributed by atoms with Gasteiger partial charge in [0.2, 0.25) is 5.75 Å². The van der Waals surface area contributed by atoms with Gasteiger partial charge in [-0.3, -0.25) is 0 Å². The number of aromatic carboxylic acids is 1. The van der Waals surface area contributed by atoms with Crippen LogP contribution in [0, 0.1) is 0 Å². The third-order valence-electron chi connectivity index (χ3n) is 5.61. The minimum Gasteiger partial charge on any atom is -0.508 e. The lowest BCUT2D eigenvalue weighted by Gasteiger charge is -2.42. The van der Waals surface area contributed by atoms with Crippen molar-refractivity contribution in [2.24, 2.45) is 0 Å². The van der Waals surface area contributed by atoms with Crippen molar-refractivity contribution >= 4 is 5.97 Å². The highest BCUT2D eigenvalue weighted by atomic mass is 16.5. The second-order valence-electron chi connectivity index (χ2n) is 7.77. The van der Waals surface area contributed by atoms with Crippen LogP contribution in [-0.4, -0.2) is 57.0 Å². The van der Waals surface area contributed by atoms with Crippen LogP contribution in [0.15, 0.2) is 30.3 Å². The molecule has 0 aromatic heterocycles. The normalized spacial score (nSPS) is 19.3. The van der Waals surface area contributed by atoms with Crippen LogP contribution in [0.25, 0.3) is 0 Å². The number of phenolic OH excluding ortho intramolecular Hbond substituents is 8. The molecule has 0 fully saturated rings. The third kappa shape index (κ3) is 3.24. The SMILES string of the molecule is O=C(O)c1cc(O)c(O)c(O)c1[C@@]1(O)Cc2c(O)cc(O)cc2O[C@H]1c1cc(O)c(O)c(O)c1. The fourth-order valence-electron chi connectivity index (χ4n) is 4.08. The molecule has 1 aliphatic heterocycles. The Balaban J connectivity index is 2.07. The first-order valence-electron chi connectivity index (χ1n) is 9.55. The molecule has 0 spiro atoms. The van der Waals surface area contributed by atoms with Crippen LogP contribution in [0.4, 0.5) is 0 Å². The third-order valence-corrected chi connectivity index (χ3v) is 5.61. The number of hydrogen-bond acceptors (Lipinski definition) is 11. The largest absolute Gasteiger partial charge is 0.508 e. The molecule has 178 valence electrons. The quantitative estimate of drug-likeness (QED) is 0.244. The fourth-order valence-corrected chi connectivity index (χ4v) is 4.08. The summed E-state index contributed by atoms with van der Waals surface area (Å²) in [4.78, 5) is 11.9. The summed E-state index contributed by atoms with van der Waals surface area (Å²) in [6.07, 6.45) is -2.42. The van der Waals surface area contributed by atoms with Crippen LogP contribution in [0.3, 0.4) is 0 Å². The molecular formula is C22H18O12. The smallest absolute Gasteiger partial charge is 0.336 e. The molecule has 1 heterocycles. The van der Waals surface area contributed by atoms with Crippen molar-refractivity contribution in [2.45, 2.75) is 18.1 Å². The molecule has 0 saturated carbocycles. The van der Waals surface area contributed by atoms with E-state index < -0.39 is 81.2 Å². The fraction of sp³-hybridized carbons (Fsp3) is 0.136. The van der Waals surface area contributed by atoms with E-state index in [1.54, 1.807) is 0 Å². The lowest BCUT2D eigenvalue weighted by molar-refractivity contribution is -0.0849. The first-order chi connectivity index (χ1) is 15.8. The Morgan fingerprint density at radius 3 is 1.97 bits per heavy atom. The highest BCUT2D eigenvalue weighted by molar-refractivity contribution is 5.92. The monoisotopic (exact) mass is 474 g/mol. The van der Waals surface area contributed by atoms with E-state index in [0.29, 0.717) is 6.07 Å². The number of hydrogen-bond donors (Lipinski definition) is 10. The lowest BCUT2D eigenvalue weighted by Crippen LogP contribution is -2.43. The summed E-state index contributed by atoms with van der Waals surface area (Å²) in [5.41, 5.74) is -4.62. The molecule has 1 aliphatic rings. The standard InChI is InChI=1S/C22H18O12/c23-8-3-11(24)10-6-22(33,16-9(21(31)32)5-14(27)18(29)19(16)30)20(34-15(10)4-8)7-1-12(25)17(28)13(26)2-7/h1-5,20,23-30,33H,6H2,(H,31,32)/t20-,22-/m0/s1. The van der Waals surface area contributed by atoms with E-state index in [-0.39, 0.29) is 16.9 Å². The molecule has 0 radical (unpaired) electrons. The number of aliphatic hydroxyl groups is 1. The summed E-state index contributed by atoms with van der Waals surface area (Å²) in [6, 6.07) is 4.35. The number of ether oxygens (including phenoxy) is 1. The zero-order valence-electron chi connectivity index (χ0n) is 17.0. The van der Waals surface area contributed by atoms with Gasteiger partial charge in [-0.25, -0.2) is 4.79 Å². The molecular weight excluding hydrogens is 456 g/mol. The van der Waals surface area contributed by atoms with Crippen molar-refractivity contribution in [2.75, 3.05) is 0 Å². The number of carboxylic acids is 1. The van der Waals surface area contributed by atoms with Crippen molar-refractivity contribution in [1.29, 1.82) is 0 Å². The Hall–Kier alpha value is -4.71. The summed E-state index contributed by atoms with van der Waals surface area (Å²) in [5, 5.41) is 102. The Morgan fingerprint density at radius 2 is 1.38 bits per heavy atom. The molecule has 10 N–H and O–H groups in total. The van der Waals surface area contributed by atoms with Gasteiger partial charge in [0.25, 0.3) is 0 Å². The molecule has 3 aromatic rings. The molecule has 0 aliphatic carbocycles. The molecule has 34 heavy (non-hydrogen) atoms. The molecule has 4 rings (SSSR count). The zero-order chi connectivity index (χ0) is 25.1. The average Bonchev–Trinajstić information content (AvgIpc) is 2.75. The van der Waals surface area contributed by atoms with E-state index in [2.05, 4.69) is 0 Å². The number of aromatic hydroxyl groups is 8. The molecule has 0 bridgehead atoms. The van der Waals surface area contributed by atoms with Crippen molar-refractivity contribution in [3.8, 4) is 51.7 Å². The van der Waals surface area contributed by atoms with Gasteiger partial charge in [0.05, 0.1) is 5.56 Å². The molecule has 2 atom stereocenters. The molecule has 0 unspecified atom stereocenters. The first kappa shape index (κ1) is 22.5. The van der Waals surface area contributed by atoms with Crippen LogP contribution in [0.1, 0.15) is 33.2 Å². The summed E-state index contributed by atoms with van der Waals surface area (Å²) in [6.45, 7) is 0. The van der Waals surface area contributed by atoms with Crippen molar-refractivity contribution in [1.82, 2.24) is 0 Å².